The highest BCUT2D eigenvalue weighted by Crippen LogP contribution is 2.40. The van der Waals surface area contributed by atoms with Crippen LogP contribution in [0, 0.1) is 0 Å². The Kier molecular flexibility index (Phi) is 5.68. The number of rotatable bonds is 5. The first-order valence-electron chi connectivity index (χ1n) is 10.7. The minimum Gasteiger partial charge on any atom is -0.246 e. The van der Waals surface area contributed by atoms with Crippen molar-refractivity contribution in [2.45, 2.75) is 29.6 Å². The van der Waals surface area contributed by atoms with Gasteiger partial charge in [0.15, 0.2) is 0 Å². The Bertz CT molecular complexity index is 1300. The molecule has 2 amide bonds. The second-order valence-electron chi connectivity index (χ2n) is 8.29. The monoisotopic (exact) mass is 479 g/mol. The SMILES string of the molecule is O=C(NS(=O)(=O)c1ccc(C2CC2)cc1)N1CC(c2ccccc2)C(c2ccc(Cl)cc2)=N1. The van der Waals surface area contributed by atoms with Gasteiger partial charge in [0.05, 0.1) is 17.2 Å². The van der Waals surface area contributed by atoms with E-state index in [1.807, 2.05) is 54.6 Å². The molecule has 1 aliphatic heterocycles. The lowest BCUT2D eigenvalue weighted by Crippen LogP contribution is -2.39. The molecule has 0 spiro atoms. The first kappa shape index (κ1) is 21.7. The molecule has 1 fully saturated rings. The van der Waals surface area contributed by atoms with E-state index in [1.165, 1.54) is 5.01 Å². The fourth-order valence-electron chi connectivity index (χ4n) is 4.02. The van der Waals surface area contributed by atoms with Crippen molar-refractivity contribution in [2.24, 2.45) is 5.10 Å². The van der Waals surface area contributed by atoms with Gasteiger partial charge in [-0.15, -0.1) is 0 Å². The first-order chi connectivity index (χ1) is 15.9. The molecule has 1 atom stereocenters. The second kappa shape index (κ2) is 8.65. The maximum atomic E-state index is 12.9. The third kappa shape index (κ3) is 4.65. The number of hydrazone groups is 1. The maximum Gasteiger partial charge on any atom is 0.351 e. The van der Waals surface area contributed by atoms with Gasteiger partial charge in [0.25, 0.3) is 10.0 Å². The van der Waals surface area contributed by atoms with Gasteiger partial charge >= 0.3 is 6.03 Å². The summed E-state index contributed by atoms with van der Waals surface area (Å²) in [6.45, 7) is 0.226. The van der Waals surface area contributed by atoms with Crippen molar-refractivity contribution in [3.05, 3.63) is 101 Å². The number of hydrogen-bond donors (Lipinski definition) is 1. The molecule has 33 heavy (non-hydrogen) atoms. The van der Waals surface area contributed by atoms with E-state index in [-0.39, 0.29) is 17.4 Å². The Morgan fingerprint density at radius 3 is 2.21 bits per heavy atom. The van der Waals surface area contributed by atoms with E-state index < -0.39 is 16.1 Å². The summed E-state index contributed by atoms with van der Waals surface area (Å²) in [6, 6.07) is 22.8. The molecule has 0 aromatic heterocycles. The standard InChI is InChI=1S/C25H22ClN3O3S/c26-21-12-8-20(9-13-21)24-23(19-4-2-1-3-5-19)16-29(27-24)25(30)28-33(31,32)22-14-10-18(11-15-22)17-6-7-17/h1-5,8-15,17,23H,6-7,16H2,(H,28,30). The quantitative estimate of drug-likeness (QED) is 0.551. The van der Waals surface area contributed by atoms with Crippen LogP contribution in [-0.4, -0.2) is 31.7 Å². The molecule has 1 heterocycles. The number of carbonyl (C=O) groups is 1. The summed E-state index contributed by atoms with van der Waals surface area (Å²) >= 11 is 6.03. The molecule has 5 rings (SSSR count). The topological polar surface area (TPSA) is 78.8 Å². The number of urea groups is 1. The molecule has 3 aromatic carbocycles. The fraction of sp³-hybridized carbons (Fsp3) is 0.200. The van der Waals surface area contributed by atoms with Crippen LogP contribution in [0.15, 0.2) is 88.9 Å². The molecule has 168 valence electrons. The zero-order valence-corrected chi connectivity index (χ0v) is 19.3. The molecule has 3 aromatic rings. The van der Waals surface area contributed by atoms with E-state index >= 15 is 0 Å². The number of nitrogens with one attached hydrogen (secondary N) is 1. The highest BCUT2D eigenvalue weighted by Gasteiger charge is 2.34. The van der Waals surface area contributed by atoms with E-state index in [4.69, 9.17) is 11.6 Å². The third-order valence-electron chi connectivity index (χ3n) is 5.95. The summed E-state index contributed by atoms with van der Waals surface area (Å²) in [5.41, 5.74) is 3.61. The lowest BCUT2D eigenvalue weighted by Gasteiger charge is -2.16. The molecule has 0 radical (unpaired) electrons. The van der Waals surface area contributed by atoms with Crippen LogP contribution >= 0.6 is 11.6 Å². The molecule has 1 N–H and O–H groups in total. The molecule has 1 unspecified atom stereocenters. The normalized spacial score (nSPS) is 18.2. The van der Waals surface area contributed by atoms with Crippen LogP contribution in [0.5, 0.6) is 0 Å². The number of nitrogens with zero attached hydrogens (tertiary/aromatic N) is 2. The second-order valence-corrected chi connectivity index (χ2v) is 10.4. The van der Waals surface area contributed by atoms with Crippen LogP contribution in [0.4, 0.5) is 4.79 Å². The highest BCUT2D eigenvalue weighted by molar-refractivity contribution is 7.90. The van der Waals surface area contributed by atoms with Crippen molar-refractivity contribution in [3.8, 4) is 0 Å². The Morgan fingerprint density at radius 1 is 0.909 bits per heavy atom. The molecule has 1 saturated carbocycles. The van der Waals surface area contributed by atoms with Gasteiger partial charge in [0, 0.05) is 10.9 Å². The van der Waals surface area contributed by atoms with Gasteiger partial charge in [-0.2, -0.15) is 5.10 Å². The smallest absolute Gasteiger partial charge is 0.246 e. The largest absolute Gasteiger partial charge is 0.351 e. The molecular weight excluding hydrogens is 458 g/mol. The number of carbonyl (C=O) groups excluding carboxylic acids is 1. The summed E-state index contributed by atoms with van der Waals surface area (Å²) in [5, 5.41) is 6.28. The predicted molar refractivity (Wildman–Crippen MR) is 128 cm³/mol. The van der Waals surface area contributed by atoms with Gasteiger partial charge in [0.1, 0.15) is 0 Å². The van der Waals surface area contributed by atoms with Crippen molar-refractivity contribution < 1.29 is 13.2 Å². The Morgan fingerprint density at radius 2 is 1.58 bits per heavy atom. The first-order valence-corrected chi connectivity index (χ1v) is 12.6. The van der Waals surface area contributed by atoms with Crippen LogP contribution < -0.4 is 4.72 Å². The van der Waals surface area contributed by atoms with Crippen molar-refractivity contribution in [2.75, 3.05) is 6.54 Å². The van der Waals surface area contributed by atoms with E-state index in [0.717, 1.165) is 29.5 Å². The summed E-state index contributed by atoms with van der Waals surface area (Å²) < 4.78 is 27.8. The molecule has 0 bridgehead atoms. The van der Waals surface area contributed by atoms with Gasteiger partial charge in [-0.1, -0.05) is 66.2 Å². The minimum atomic E-state index is -4.02. The molecule has 0 saturated heterocycles. The van der Waals surface area contributed by atoms with Crippen LogP contribution in [0.1, 0.15) is 41.4 Å². The van der Waals surface area contributed by atoms with Gasteiger partial charge in [-0.25, -0.2) is 22.9 Å². The number of hydrogen-bond acceptors (Lipinski definition) is 4. The van der Waals surface area contributed by atoms with Crippen LogP contribution in [0.3, 0.4) is 0 Å². The fourth-order valence-corrected chi connectivity index (χ4v) is 5.09. The van der Waals surface area contributed by atoms with Gasteiger partial charge < -0.3 is 0 Å². The highest BCUT2D eigenvalue weighted by atomic mass is 35.5. The van der Waals surface area contributed by atoms with Gasteiger partial charge in [-0.3, -0.25) is 0 Å². The Labute approximate surface area is 197 Å². The molecule has 6 nitrogen and oxygen atoms in total. The summed E-state index contributed by atoms with van der Waals surface area (Å²) in [5.74, 6) is 0.329. The van der Waals surface area contributed by atoms with E-state index in [0.29, 0.717) is 16.7 Å². The lowest BCUT2D eigenvalue weighted by molar-refractivity contribution is 0.210. The number of amides is 2. The molecule has 8 heteroatoms. The zero-order valence-electron chi connectivity index (χ0n) is 17.7. The molecule has 1 aliphatic carbocycles. The predicted octanol–water partition coefficient (Wildman–Crippen LogP) is 5.12. The van der Waals surface area contributed by atoms with Gasteiger partial charge in [0.2, 0.25) is 0 Å². The number of benzene rings is 3. The number of sulfonamides is 1. The summed E-state index contributed by atoms with van der Waals surface area (Å²) in [4.78, 5) is 13.0. The van der Waals surface area contributed by atoms with Crippen LogP contribution in [0.2, 0.25) is 5.02 Å². The van der Waals surface area contributed by atoms with E-state index in [9.17, 15) is 13.2 Å². The van der Waals surface area contributed by atoms with Crippen LogP contribution in [0.25, 0.3) is 0 Å². The molecule has 2 aliphatic rings. The lowest BCUT2D eigenvalue weighted by atomic mass is 9.91. The Hall–Kier alpha value is -3.16. The van der Waals surface area contributed by atoms with Gasteiger partial charge in [-0.05, 0) is 59.7 Å². The van der Waals surface area contributed by atoms with Crippen molar-refractivity contribution in [3.63, 3.8) is 0 Å². The van der Waals surface area contributed by atoms with Crippen molar-refractivity contribution >= 4 is 33.4 Å². The Balaban J connectivity index is 1.39. The average molecular weight is 480 g/mol. The van der Waals surface area contributed by atoms with E-state index in [1.54, 1.807) is 24.3 Å². The van der Waals surface area contributed by atoms with Crippen molar-refractivity contribution in [1.82, 2.24) is 9.73 Å². The summed E-state index contributed by atoms with van der Waals surface area (Å²) in [6.07, 6.45) is 2.27. The number of halogens is 1. The van der Waals surface area contributed by atoms with E-state index in [2.05, 4.69) is 9.82 Å². The zero-order chi connectivity index (χ0) is 23.0. The third-order valence-corrected chi connectivity index (χ3v) is 7.54. The maximum absolute atomic E-state index is 12.9. The van der Waals surface area contributed by atoms with Crippen molar-refractivity contribution in [1.29, 1.82) is 0 Å². The average Bonchev–Trinajstić information content (AvgIpc) is 3.58. The summed E-state index contributed by atoms with van der Waals surface area (Å²) in [7, 11) is -4.02. The van der Waals surface area contributed by atoms with Crippen LogP contribution in [-0.2, 0) is 10.0 Å². The molecular formula is C25H22ClN3O3S. The minimum absolute atomic E-state index is 0.0564.